The summed E-state index contributed by atoms with van der Waals surface area (Å²) in [6.45, 7) is 0.218. The Kier molecular flexibility index (Phi) is 8.95. The minimum atomic E-state index is -4.97. The molecule has 0 bridgehead atoms. The normalized spacial score (nSPS) is 13.5. The van der Waals surface area contributed by atoms with Crippen molar-refractivity contribution in [2.75, 3.05) is 19.5 Å². The fourth-order valence-electron chi connectivity index (χ4n) is 2.51. The number of ether oxygens (including phenoxy) is 2. The standard InChI is InChI=1S/C20H18F6N2O6S/c1-35(30,31)34-28-18(20(24,25)26)14-5-9-16(10-6-14)33-12-2-11-32-15-7-3-13(4-8-15)17(27-29)19(21,22)23/h3-10,29H,2,11-12H2,1H3/b27-17-,28-18+. The average molecular weight is 528 g/mol. The molecule has 35 heavy (non-hydrogen) atoms. The highest BCUT2D eigenvalue weighted by molar-refractivity contribution is 7.85. The van der Waals surface area contributed by atoms with E-state index in [4.69, 9.17) is 14.7 Å². The van der Waals surface area contributed by atoms with E-state index in [-0.39, 0.29) is 30.3 Å². The molecule has 0 radical (unpaired) electrons. The first kappa shape index (κ1) is 27.8. The van der Waals surface area contributed by atoms with Gasteiger partial charge in [-0.05, 0) is 48.5 Å². The SMILES string of the molecule is CS(=O)(=O)O/N=C(\c1ccc(OCCCOc2ccc(/C(=N/O)C(F)(F)F)cc2)cc1)C(F)(F)F. The van der Waals surface area contributed by atoms with Gasteiger partial charge in [-0.3, -0.25) is 4.28 Å². The van der Waals surface area contributed by atoms with Gasteiger partial charge in [0.05, 0.1) is 19.5 Å². The van der Waals surface area contributed by atoms with Crippen LogP contribution in [0.2, 0.25) is 0 Å². The van der Waals surface area contributed by atoms with Crippen LogP contribution in [0.25, 0.3) is 0 Å². The van der Waals surface area contributed by atoms with Gasteiger partial charge in [-0.15, -0.1) is 0 Å². The van der Waals surface area contributed by atoms with Crippen LogP contribution in [0.5, 0.6) is 11.5 Å². The van der Waals surface area contributed by atoms with E-state index in [0.29, 0.717) is 12.7 Å². The molecule has 0 spiro atoms. The molecule has 15 heteroatoms. The molecule has 8 nitrogen and oxygen atoms in total. The summed E-state index contributed by atoms with van der Waals surface area (Å²) in [6.07, 6.45) is -8.91. The number of benzene rings is 2. The van der Waals surface area contributed by atoms with Crippen LogP contribution in [0.3, 0.4) is 0 Å². The predicted molar refractivity (Wildman–Crippen MR) is 111 cm³/mol. The lowest BCUT2D eigenvalue weighted by Gasteiger charge is -2.12. The highest BCUT2D eigenvalue weighted by Crippen LogP contribution is 2.25. The Morgan fingerprint density at radius 1 is 0.800 bits per heavy atom. The van der Waals surface area contributed by atoms with Crippen molar-refractivity contribution in [1.82, 2.24) is 0 Å². The van der Waals surface area contributed by atoms with Gasteiger partial charge in [0.1, 0.15) is 11.5 Å². The molecule has 0 aliphatic rings. The molecule has 2 rings (SSSR count). The van der Waals surface area contributed by atoms with E-state index in [1.165, 1.54) is 24.3 Å². The molecule has 0 heterocycles. The second kappa shape index (κ2) is 11.3. The molecule has 0 aliphatic carbocycles. The van der Waals surface area contributed by atoms with Gasteiger partial charge in [0.15, 0.2) is 11.4 Å². The Balaban J connectivity index is 1.87. The molecule has 2 aromatic rings. The van der Waals surface area contributed by atoms with Crippen molar-refractivity contribution in [3.05, 3.63) is 59.7 Å². The van der Waals surface area contributed by atoms with Gasteiger partial charge in [-0.2, -0.15) is 34.8 Å². The highest BCUT2D eigenvalue weighted by Gasteiger charge is 2.38. The number of oxime groups is 2. The molecule has 0 saturated carbocycles. The third-order valence-corrected chi connectivity index (χ3v) is 4.33. The van der Waals surface area contributed by atoms with Crippen molar-refractivity contribution < 1.29 is 53.7 Å². The molecular formula is C20H18F6N2O6S. The van der Waals surface area contributed by atoms with Gasteiger partial charge in [0.2, 0.25) is 0 Å². The Bertz CT molecular complexity index is 1140. The second-order valence-electron chi connectivity index (χ2n) is 6.76. The smallest absolute Gasteiger partial charge is 0.437 e. The first-order chi connectivity index (χ1) is 16.2. The first-order valence-electron chi connectivity index (χ1n) is 9.50. The summed E-state index contributed by atoms with van der Waals surface area (Å²) in [5.41, 5.74) is -3.78. The van der Waals surface area contributed by atoms with Crippen LogP contribution in [-0.2, 0) is 14.4 Å². The fourth-order valence-corrected chi connectivity index (χ4v) is 2.72. The number of alkyl halides is 6. The highest BCUT2D eigenvalue weighted by atomic mass is 32.2. The van der Waals surface area contributed by atoms with E-state index >= 15 is 0 Å². The van der Waals surface area contributed by atoms with E-state index < -0.39 is 39.5 Å². The van der Waals surface area contributed by atoms with Crippen LogP contribution >= 0.6 is 0 Å². The molecule has 0 unspecified atom stereocenters. The summed E-state index contributed by atoms with van der Waals surface area (Å²) in [5, 5.41) is 13.5. The maximum absolute atomic E-state index is 13.1. The van der Waals surface area contributed by atoms with Gasteiger partial charge in [0, 0.05) is 17.5 Å². The van der Waals surface area contributed by atoms with Gasteiger partial charge in [-0.25, -0.2) is 0 Å². The molecule has 2 aromatic carbocycles. The number of hydrogen-bond acceptors (Lipinski definition) is 8. The molecule has 0 fully saturated rings. The molecule has 0 aliphatic heterocycles. The topological polar surface area (TPSA) is 107 Å². The zero-order valence-corrected chi connectivity index (χ0v) is 18.6. The number of halogens is 6. The molecular weight excluding hydrogens is 510 g/mol. The Labute approximate surface area is 195 Å². The largest absolute Gasteiger partial charge is 0.493 e. The zero-order valence-electron chi connectivity index (χ0n) is 17.8. The third kappa shape index (κ3) is 8.99. The van der Waals surface area contributed by atoms with Gasteiger partial charge >= 0.3 is 22.5 Å². The average Bonchev–Trinajstić information content (AvgIpc) is 2.73. The first-order valence-corrected chi connectivity index (χ1v) is 11.3. The van der Waals surface area contributed by atoms with Crippen LogP contribution in [0.15, 0.2) is 58.8 Å². The van der Waals surface area contributed by atoms with Crippen LogP contribution in [0, 0.1) is 0 Å². The Morgan fingerprint density at radius 2 is 1.20 bits per heavy atom. The van der Waals surface area contributed by atoms with E-state index in [1.807, 2.05) is 0 Å². The molecule has 0 saturated heterocycles. The second-order valence-corrected chi connectivity index (χ2v) is 8.32. The van der Waals surface area contributed by atoms with Crippen molar-refractivity contribution in [3.8, 4) is 11.5 Å². The number of rotatable bonds is 10. The van der Waals surface area contributed by atoms with Gasteiger partial charge in [-0.1, -0.05) is 10.3 Å². The lowest BCUT2D eigenvalue weighted by Crippen LogP contribution is -2.24. The predicted octanol–water partition coefficient (Wildman–Crippen LogP) is 4.52. The van der Waals surface area contributed by atoms with Crippen molar-refractivity contribution in [3.63, 3.8) is 0 Å². The molecule has 1 N–H and O–H groups in total. The summed E-state index contributed by atoms with van der Waals surface area (Å²) in [6, 6.07) is 9.17. The van der Waals surface area contributed by atoms with Crippen molar-refractivity contribution >= 4 is 21.5 Å². The van der Waals surface area contributed by atoms with Crippen molar-refractivity contribution in [2.24, 2.45) is 10.3 Å². The maximum Gasteiger partial charge on any atom is 0.437 e. The number of nitrogens with zero attached hydrogens (tertiary/aromatic N) is 2. The monoisotopic (exact) mass is 528 g/mol. The zero-order chi connectivity index (χ0) is 26.3. The summed E-state index contributed by atoms with van der Waals surface area (Å²) in [7, 11) is -4.23. The van der Waals surface area contributed by atoms with E-state index in [2.05, 4.69) is 14.6 Å². The van der Waals surface area contributed by atoms with Crippen molar-refractivity contribution in [2.45, 2.75) is 18.8 Å². The van der Waals surface area contributed by atoms with Crippen LogP contribution in [0.1, 0.15) is 17.5 Å². The molecule has 0 aromatic heterocycles. The van der Waals surface area contributed by atoms with Crippen LogP contribution in [0.4, 0.5) is 26.3 Å². The molecule has 0 amide bonds. The maximum atomic E-state index is 13.1. The van der Waals surface area contributed by atoms with E-state index in [9.17, 15) is 34.8 Å². The van der Waals surface area contributed by atoms with Crippen LogP contribution in [-0.4, -0.2) is 56.9 Å². The third-order valence-electron chi connectivity index (χ3n) is 3.98. The lowest BCUT2D eigenvalue weighted by atomic mass is 10.1. The minimum absolute atomic E-state index is 0.101. The lowest BCUT2D eigenvalue weighted by molar-refractivity contribution is -0.0608. The summed E-state index contributed by atoms with van der Waals surface area (Å²) in [5.74, 6) is 0.472. The quantitative estimate of drug-likeness (QED) is 0.160. The Morgan fingerprint density at radius 3 is 1.54 bits per heavy atom. The minimum Gasteiger partial charge on any atom is -0.493 e. The van der Waals surface area contributed by atoms with Gasteiger partial charge < -0.3 is 14.7 Å². The van der Waals surface area contributed by atoms with E-state index in [0.717, 1.165) is 24.3 Å². The summed E-state index contributed by atoms with van der Waals surface area (Å²) < 4.78 is 114. The molecule has 192 valence electrons. The summed E-state index contributed by atoms with van der Waals surface area (Å²) in [4.78, 5) is 0. The van der Waals surface area contributed by atoms with Crippen molar-refractivity contribution in [1.29, 1.82) is 0 Å². The molecule has 0 atom stereocenters. The van der Waals surface area contributed by atoms with Crippen LogP contribution < -0.4 is 9.47 Å². The fraction of sp³-hybridized carbons (Fsp3) is 0.300. The van der Waals surface area contributed by atoms with E-state index in [1.54, 1.807) is 0 Å². The Hall–Kier alpha value is -3.49. The van der Waals surface area contributed by atoms with Gasteiger partial charge in [0.25, 0.3) is 0 Å². The summed E-state index contributed by atoms with van der Waals surface area (Å²) >= 11 is 0. The number of hydrogen-bond donors (Lipinski definition) is 1.